The highest BCUT2D eigenvalue weighted by Gasteiger charge is 2.34. The number of amides is 2. The van der Waals surface area contributed by atoms with Crippen molar-refractivity contribution in [2.24, 2.45) is 11.8 Å². The Balaban J connectivity index is 1.56. The van der Waals surface area contributed by atoms with Gasteiger partial charge in [0.05, 0.1) is 16.9 Å². The van der Waals surface area contributed by atoms with E-state index in [9.17, 15) is 14.7 Å². The second-order valence-corrected chi connectivity index (χ2v) is 7.64. The van der Waals surface area contributed by atoms with Crippen molar-refractivity contribution in [2.75, 3.05) is 26.7 Å². The third-order valence-corrected chi connectivity index (χ3v) is 5.65. The molecule has 0 radical (unpaired) electrons. The quantitative estimate of drug-likeness (QED) is 0.892. The Kier molecular flexibility index (Phi) is 5.02. The second-order valence-electron chi connectivity index (χ2n) is 6.69. The molecule has 6 heteroatoms. The maximum Gasteiger partial charge on any atom is 0.263 e. The summed E-state index contributed by atoms with van der Waals surface area (Å²) in [7, 11) is 1.76. The Labute approximate surface area is 140 Å². The molecule has 0 bridgehead atoms. The molecule has 23 heavy (non-hydrogen) atoms. The van der Waals surface area contributed by atoms with Crippen molar-refractivity contribution in [3.8, 4) is 0 Å². The van der Waals surface area contributed by atoms with Crippen LogP contribution >= 0.6 is 11.3 Å². The first-order chi connectivity index (χ1) is 11.1. The third-order valence-electron chi connectivity index (χ3n) is 4.79. The van der Waals surface area contributed by atoms with Crippen molar-refractivity contribution < 1.29 is 14.7 Å². The smallest absolute Gasteiger partial charge is 0.263 e. The van der Waals surface area contributed by atoms with Gasteiger partial charge in [-0.2, -0.15) is 0 Å². The van der Waals surface area contributed by atoms with Crippen LogP contribution < -0.4 is 0 Å². The van der Waals surface area contributed by atoms with E-state index >= 15 is 0 Å². The predicted molar refractivity (Wildman–Crippen MR) is 89.3 cm³/mol. The molecule has 1 aromatic heterocycles. The van der Waals surface area contributed by atoms with Gasteiger partial charge in [-0.05, 0) is 43.0 Å². The van der Waals surface area contributed by atoms with E-state index in [0.29, 0.717) is 19.0 Å². The first-order valence-electron chi connectivity index (χ1n) is 8.32. The average Bonchev–Trinajstić information content (AvgIpc) is 3.28. The van der Waals surface area contributed by atoms with Crippen molar-refractivity contribution in [3.63, 3.8) is 0 Å². The van der Waals surface area contributed by atoms with E-state index in [1.807, 2.05) is 17.5 Å². The molecule has 5 nitrogen and oxygen atoms in total. The second kappa shape index (κ2) is 7.01. The van der Waals surface area contributed by atoms with E-state index < -0.39 is 6.10 Å². The Morgan fingerprint density at radius 2 is 2.22 bits per heavy atom. The first kappa shape index (κ1) is 16.5. The van der Waals surface area contributed by atoms with Gasteiger partial charge in [0.2, 0.25) is 5.91 Å². The summed E-state index contributed by atoms with van der Waals surface area (Å²) in [6.07, 6.45) is 3.39. The fourth-order valence-electron chi connectivity index (χ4n) is 3.23. The zero-order valence-electron chi connectivity index (χ0n) is 13.5. The number of rotatable bonds is 5. The summed E-state index contributed by atoms with van der Waals surface area (Å²) in [5.41, 5.74) is 0. The summed E-state index contributed by atoms with van der Waals surface area (Å²) < 4.78 is 0. The number of nitrogens with zero attached hydrogens (tertiary/aromatic N) is 2. The van der Waals surface area contributed by atoms with E-state index in [0.717, 1.165) is 37.1 Å². The molecule has 1 N–H and O–H groups in total. The van der Waals surface area contributed by atoms with E-state index in [-0.39, 0.29) is 17.7 Å². The van der Waals surface area contributed by atoms with Crippen LogP contribution in [0, 0.1) is 11.8 Å². The van der Waals surface area contributed by atoms with Crippen molar-refractivity contribution in [1.29, 1.82) is 0 Å². The van der Waals surface area contributed by atoms with Gasteiger partial charge >= 0.3 is 0 Å². The molecule has 0 spiro atoms. The Hall–Kier alpha value is -1.40. The van der Waals surface area contributed by atoms with Crippen LogP contribution in [0.2, 0.25) is 0 Å². The molecule has 1 saturated carbocycles. The number of aliphatic hydroxyl groups is 1. The summed E-state index contributed by atoms with van der Waals surface area (Å²) in [6, 6.07) is 3.70. The van der Waals surface area contributed by atoms with E-state index in [2.05, 4.69) is 0 Å². The molecular weight excluding hydrogens is 312 g/mol. The molecule has 3 rings (SSSR count). The minimum atomic E-state index is -0.406. The number of thiophene rings is 1. The van der Waals surface area contributed by atoms with Crippen molar-refractivity contribution >= 4 is 23.2 Å². The molecular formula is C17H24N2O3S. The van der Waals surface area contributed by atoms with Crippen molar-refractivity contribution in [2.45, 2.75) is 31.8 Å². The molecule has 1 aromatic rings. The van der Waals surface area contributed by atoms with E-state index in [4.69, 9.17) is 0 Å². The number of hydrogen-bond acceptors (Lipinski definition) is 4. The van der Waals surface area contributed by atoms with Crippen LogP contribution in [0.15, 0.2) is 17.5 Å². The molecule has 0 aromatic carbocycles. The number of carbonyl (C=O) groups is 2. The Morgan fingerprint density at radius 1 is 1.43 bits per heavy atom. The minimum Gasteiger partial charge on any atom is -0.391 e. The number of likely N-dealkylation sites (N-methyl/N-ethyl adjacent to an activating group) is 1. The van der Waals surface area contributed by atoms with Gasteiger partial charge in [-0.15, -0.1) is 11.3 Å². The molecule has 2 fully saturated rings. The van der Waals surface area contributed by atoms with Gasteiger partial charge in [0, 0.05) is 26.7 Å². The number of hydrogen-bond donors (Lipinski definition) is 1. The highest BCUT2D eigenvalue weighted by Crippen LogP contribution is 2.33. The molecule has 2 heterocycles. The normalized spacial score (nSPS) is 22.7. The largest absolute Gasteiger partial charge is 0.391 e. The standard InChI is InChI=1S/C17H24N2O3S/c1-18(11-14(20)12-6-7-12)16(21)13-4-2-8-19(10-13)17(22)15-5-3-9-23-15/h3,5,9,12-14,20H,2,4,6-8,10-11H2,1H3. The number of aliphatic hydroxyl groups excluding tert-OH is 1. The van der Waals surface area contributed by atoms with Gasteiger partial charge in [-0.3, -0.25) is 9.59 Å². The molecule has 2 aliphatic rings. The van der Waals surface area contributed by atoms with E-state index in [1.165, 1.54) is 11.3 Å². The molecule has 1 saturated heterocycles. The van der Waals surface area contributed by atoms with Crippen LogP contribution in [-0.4, -0.2) is 59.5 Å². The number of piperidine rings is 1. The maximum absolute atomic E-state index is 12.6. The van der Waals surface area contributed by atoms with Gasteiger partial charge < -0.3 is 14.9 Å². The lowest BCUT2D eigenvalue weighted by Gasteiger charge is -2.34. The highest BCUT2D eigenvalue weighted by molar-refractivity contribution is 7.12. The third kappa shape index (κ3) is 3.93. The van der Waals surface area contributed by atoms with Crippen LogP contribution in [-0.2, 0) is 4.79 Å². The fourth-order valence-corrected chi connectivity index (χ4v) is 3.92. The van der Waals surface area contributed by atoms with E-state index in [1.54, 1.807) is 16.8 Å². The van der Waals surface area contributed by atoms with Gasteiger partial charge in [-0.1, -0.05) is 6.07 Å². The zero-order chi connectivity index (χ0) is 16.4. The lowest BCUT2D eigenvalue weighted by atomic mass is 9.96. The van der Waals surface area contributed by atoms with Crippen LogP contribution in [0.1, 0.15) is 35.4 Å². The summed E-state index contributed by atoms with van der Waals surface area (Å²) in [5.74, 6) is 0.295. The van der Waals surface area contributed by atoms with Crippen molar-refractivity contribution in [1.82, 2.24) is 9.80 Å². The average molecular weight is 336 g/mol. The molecule has 126 valence electrons. The number of likely N-dealkylation sites (tertiary alicyclic amines) is 1. The van der Waals surface area contributed by atoms with Gasteiger partial charge in [-0.25, -0.2) is 0 Å². The first-order valence-corrected chi connectivity index (χ1v) is 9.20. The maximum atomic E-state index is 12.6. The molecule has 2 unspecified atom stereocenters. The van der Waals surface area contributed by atoms with Crippen molar-refractivity contribution in [3.05, 3.63) is 22.4 Å². The van der Waals surface area contributed by atoms with Crippen LogP contribution in [0.25, 0.3) is 0 Å². The van der Waals surface area contributed by atoms with Gasteiger partial charge in [0.15, 0.2) is 0 Å². The molecule has 2 amide bonds. The summed E-state index contributed by atoms with van der Waals surface area (Å²) in [5, 5.41) is 11.9. The highest BCUT2D eigenvalue weighted by atomic mass is 32.1. The van der Waals surface area contributed by atoms with Gasteiger partial charge in [0.25, 0.3) is 5.91 Å². The summed E-state index contributed by atoms with van der Waals surface area (Å²) in [4.78, 5) is 29.2. The lowest BCUT2D eigenvalue weighted by Crippen LogP contribution is -2.47. The SMILES string of the molecule is CN(CC(O)C1CC1)C(=O)C1CCCN(C(=O)c2cccs2)C1. The minimum absolute atomic E-state index is 0.0261. The molecule has 1 aliphatic carbocycles. The monoisotopic (exact) mass is 336 g/mol. The Bertz CT molecular complexity index is 556. The zero-order valence-corrected chi connectivity index (χ0v) is 14.3. The fraction of sp³-hybridized carbons (Fsp3) is 0.647. The Morgan fingerprint density at radius 3 is 2.87 bits per heavy atom. The predicted octanol–water partition coefficient (Wildman–Crippen LogP) is 1.83. The topological polar surface area (TPSA) is 60.9 Å². The molecule has 1 aliphatic heterocycles. The number of carbonyl (C=O) groups excluding carboxylic acids is 2. The van der Waals surface area contributed by atoms with Gasteiger partial charge in [0.1, 0.15) is 0 Å². The van der Waals surface area contributed by atoms with Crippen LogP contribution in [0.3, 0.4) is 0 Å². The molecule has 2 atom stereocenters. The lowest BCUT2D eigenvalue weighted by molar-refractivity contribution is -0.137. The summed E-state index contributed by atoms with van der Waals surface area (Å²) >= 11 is 1.44. The summed E-state index contributed by atoms with van der Waals surface area (Å²) in [6.45, 7) is 1.60. The van der Waals surface area contributed by atoms with Crippen LogP contribution in [0.4, 0.5) is 0 Å². The van der Waals surface area contributed by atoms with Crippen LogP contribution in [0.5, 0.6) is 0 Å².